The minimum atomic E-state index is -1.64. The third kappa shape index (κ3) is 5.30. The van der Waals surface area contributed by atoms with Gasteiger partial charge >= 0.3 is 23.9 Å². The lowest BCUT2D eigenvalue weighted by Crippen LogP contribution is -2.53. The predicted octanol–water partition coefficient (Wildman–Crippen LogP) is 4.80. The number of hydrogen-bond acceptors (Lipinski definition) is 13. The molecule has 0 unspecified atom stereocenters. The molecule has 0 aliphatic carbocycles. The second-order valence-corrected chi connectivity index (χ2v) is 14.0. The highest BCUT2D eigenvalue weighted by Crippen LogP contribution is 2.71. The van der Waals surface area contributed by atoms with Crippen molar-refractivity contribution in [3.63, 3.8) is 0 Å². The molecular weight excluding hydrogens is 631 g/mol. The van der Waals surface area contributed by atoms with Crippen molar-refractivity contribution in [2.45, 2.75) is 49.7 Å². The van der Waals surface area contributed by atoms with Crippen molar-refractivity contribution in [2.75, 3.05) is 40.4 Å². The number of unbranched alkanes of at least 4 members (excludes halogenated alkanes) is 1. The molecular formula is C30H33NO10S3. The van der Waals surface area contributed by atoms with Crippen LogP contribution in [0.5, 0.6) is 5.75 Å². The predicted molar refractivity (Wildman–Crippen MR) is 169 cm³/mol. The van der Waals surface area contributed by atoms with Gasteiger partial charge in [0.15, 0.2) is 0 Å². The first-order chi connectivity index (χ1) is 20.9. The third-order valence-electron chi connectivity index (χ3n) is 7.34. The van der Waals surface area contributed by atoms with E-state index in [1.807, 2.05) is 20.8 Å². The molecule has 236 valence electrons. The molecule has 0 saturated heterocycles. The Morgan fingerprint density at radius 3 is 1.84 bits per heavy atom. The van der Waals surface area contributed by atoms with Crippen molar-refractivity contribution >= 4 is 76.3 Å². The summed E-state index contributed by atoms with van der Waals surface area (Å²) in [6, 6.07) is 5.21. The Hall–Kier alpha value is -3.36. The average Bonchev–Trinajstić information content (AvgIpc) is 3.41. The summed E-state index contributed by atoms with van der Waals surface area (Å²) >= 11 is 2.76. The third-order valence-corrected chi connectivity index (χ3v) is 12.0. The second-order valence-electron chi connectivity index (χ2n) is 10.2. The van der Waals surface area contributed by atoms with Gasteiger partial charge < -0.3 is 28.6 Å². The Labute approximate surface area is 268 Å². The van der Waals surface area contributed by atoms with E-state index in [2.05, 4.69) is 0 Å². The van der Waals surface area contributed by atoms with Crippen LogP contribution in [-0.2, 0) is 42.9 Å². The first-order valence-corrected chi connectivity index (χ1v) is 16.0. The van der Waals surface area contributed by atoms with Crippen molar-refractivity contribution < 1.29 is 47.7 Å². The fraction of sp³-hybridized carbons (Fsp3) is 0.433. The zero-order valence-electron chi connectivity index (χ0n) is 25.6. The number of rotatable bonds is 8. The van der Waals surface area contributed by atoms with E-state index in [4.69, 9.17) is 23.7 Å². The van der Waals surface area contributed by atoms with Crippen molar-refractivity contribution in [3.05, 3.63) is 49.0 Å². The van der Waals surface area contributed by atoms with Gasteiger partial charge in [0.2, 0.25) is 5.91 Å². The largest absolute Gasteiger partial charge is 0.497 e. The number of amides is 1. The highest BCUT2D eigenvalue weighted by Gasteiger charge is 2.61. The molecule has 0 saturated carbocycles. The quantitative estimate of drug-likeness (QED) is 0.279. The topological polar surface area (TPSA) is 135 Å². The number of ether oxygens (including phenoxy) is 5. The standard InChI is InChI=1S/C30H33NO10S3/c1-9-10-11-18(32)31-17-14-15(37-4)12-13-16(17)19-24(29(31,2)3)42-21(26(34)39-6)20(25(33)38-5)30(19)43-22(27(35)40-7)23(44-30)28(36)41-8/h12-14H,9-11H2,1-8H3. The fourth-order valence-corrected chi connectivity index (χ4v) is 10.4. The van der Waals surface area contributed by atoms with E-state index in [9.17, 15) is 24.0 Å². The Morgan fingerprint density at radius 2 is 1.34 bits per heavy atom. The zero-order valence-corrected chi connectivity index (χ0v) is 28.1. The van der Waals surface area contributed by atoms with Gasteiger partial charge in [-0.15, -0.1) is 0 Å². The van der Waals surface area contributed by atoms with Crippen LogP contribution in [0.3, 0.4) is 0 Å². The lowest BCUT2D eigenvalue weighted by atomic mass is 9.83. The number of esters is 4. The maximum absolute atomic E-state index is 13.9. The summed E-state index contributed by atoms with van der Waals surface area (Å²) in [4.78, 5) is 69.1. The molecule has 11 nitrogen and oxygen atoms in total. The molecule has 3 aliphatic heterocycles. The maximum Gasteiger partial charge on any atom is 0.345 e. The van der Waals surface area contributed by atoms with Crippen molar-refractivity contribution in [2.24, 2.45) is 0 Å². The lowest BCUT2D eigenvalue weighted by Gasteiger charge is -2.50. The van der Waals surface area contributed by atoms with Crippen molar-refractivity contribution in [1.29, 1.82) is 0 Å². The number of fused-ring (bicyclic) bond motifs is 3. The van der Waals surface area contributed by atoms with Gasteiger partial charge in [-0.25, -0.2) is 19.2 Å². The smallest absolute Gasteiger partial charge is 0.345 e. The first-order valence-electron chi connectivity index (χ1n) is 13.5. The molecule has 1 amide bonds. The minimum absolute atomic E-state index is 0.0978. The molecule has 3 aliphatic rings. The molecule has 0 aromatic heterocycles. The molecule has 3 heterocycles. The second kappa shape index (κ2) is 12.9. The van der Waals surface area contributed by atoms with E-state index < -0.39 is 33.5 Å². The normalized spacial score (nSPS) is 18.0. The summed E-state index contributed by atoms with van der Waals surface area (Å²) in [5, 5.41) is 0. The van der Waals surface area contributed by atoms with Crippen LogP contribution >= 0.6 is 35.3 Å². The van der Waals surface area contributed by atoms with E-state index in [-0.39, 0.29) is 32.6 Å². The van der Waals surface area contributed by atoms with Gasteiger partial charge in [0.25, 0.3) is 0 Å². The number of carbonyl (C=O) groups is 5. The fourth-order valence-electron chi connectivity index (χ4n) is 5.31. The molecule has 0 radical (unpaired) electrons. The highest BCUT2D eigenvalue weighted by molar-refractivity contribution is 8.26. The first kappa shape index (κ1) is 33.5. The summed E-state index contributed by atoms with van der Waals surface area (Å²) in [7, 11) is 6.21. The number of methoxy groups -OCH3 is 5. The molecule has 0 fully saturated rings. The number of anilines is 1. The van der Waals surface area contributed by atoms with Gasteiger partial charge in [-0.2, -0.15) is 0 Å². The van der Waals surface area contributed by atoms with Gasteiger partial charge in [0.1, 0.15) is 24.5 Å². The van der Waals surface area contributed by atoms with Gasteiger partial charge in [-0.05, 0) is 32.4 Å². The van der Waals surface area contributed by atoms with Crippen LogP contribution in [0.25, 0.3) is 5.57 Å². The summed E-state index contributed by atoms with van der Waals surface area (Å²) < 4.78 is 24.3. The molecule has 1 aromatic rings. The summed E-state index contributed by atoms with van der Waals surface area (Å²) in [6.45, 7) is 5.68. The van der Waals surface area contributed by atoms with Crippen LogP contribution in [0.4, 0.5) is 5.69 Å². The highest BCUT2D eigenvalue weighted by atomic mass is 32.2. The van der Waals surface area contributed by atoms with E-state index in [1.165, 1.54) is 35.5 Å². The molecule has 0 atom stereocenters. The van der Waals surface area contributed by atoms with Crippen molar-refractivity contribution in [3.8, 4) is 5.75 Å². The Bertz CT molecular complexity index is 1510. The van der Waals surface area contributed by atoms with Gasteiger partial charge in [-0.1, -0.05) is 48.6 Å². The summed E-state index contributed by atoms with van der Waals surface area (Å²) in [5.74, 6) is -3.01. The SMILES string of the molecule is CCCCC(=O)N1c2cc(OC)ccc2C2=C(SC(C(=O)OC)=C(C(=O)OC)C23SC(C(=O)OC)=C(C(=O)OC)S3)C1(C)C. The van der Waals surface area contributed by atoms with Gasteiger partial charge in [0, 0.05) is 28.5 Å². The van der Waals surface area contributed by atoms with Crippen LogP contribution in [0, 0.1) is 0 Å². The van der Waals surface area contributed by atoms with Crippen LogP contribution in [0.15, 0.2) is 43.4 Å². The Kier molecular flexibility index (Phi) is 9.86. The van der Waals surface area contributed by atoms with E-state index >= 15 is 0 Å². The van der Waals surface area contributed by atoms with Gasteiger partial charge in [-0.3, -0.25) is 4.79 Å². The zero-order chi connectivity index (χ0) is 32.6. The number of thioether (sulfide) groups is 3. The van der Waals surface area contributed by atoms with Crippen LogP contribution in [0.2, 0.25) is 0 Å². The van der Waals surface area contributed by atoms with Gasteiger partial charge in [0.05, 0.1) is 52.3 Å². The molecule has 4 rings (SSSR count). The number of nitrogens with zero attached hydrogens (tertiary/aromatic N) is 1. The molecule has 14 heteroatoms. The monoisotopic (exact) mass is 663 g/mol. The summed E-state index contributed by atoms with van der Waals surface area (Å²) in [6.07, 6.45) is 1.74. The number of hydrogen-bond donors (Lipinski definition) is 0. The molecule has 0 N–H and O–H groups in total. The Balaban J connectivity index is 2.15. The van der Waals surface area contributed by atoms with Crippen LogP contribution in [0.1, 0.15) is 45.6 Å². The molecule has 1 spiro atoms. The van der Waals surface area contributed by atoms with E-state index in [0.717, 1.165) is 41.7 Å². The molecule has 0 bridgehead atoms. The Morgan fingerprint density at radius 1 is 0.795 bits per heavy atom. The van der Waals surface area contributed by atoms with Crippen LogP contribution in [-0.4, -0.2) is 75.0 Å². The average molecular weight is 664 g/mol. The minimum Gasteiger partial charge on any atom is -0.497 e. The molecule has 44 heavy (non-hydrogen) atoms. The summed E-state index contributed by atoms with van der Waals surface area (Å²) in [5.41, 5.74) is 0.339. The van der Waals surface area contributed by atoms with Crippen molar-refractivity contribution in [1.82, 2.24) is 0 Å². The number of carbonyl (C=O) groups excluding carboxylic acids is 5. The lowest BCUT2D eigenvalue weighted by molar-refractivity contribution is -0.138. The van der Waals surface area contributed by atoms with E-state index in [1.54, 1.807) is 23.1 Å². The number of benzene rings is 1. The van der Waals surface area contributed by atoms with E-state index in [0.29, 0.717) is 33.9 Å². The molecule has 1 aromatic carbocycles. The maximum atomic E-state index is 13.9. The van der Waals surface area contributed by atoms with Crippen LogP contribution < -0.4 is 9.64 Å².